The molecule has 0 aliphatic heterocycles. The molecule has 1 heterocycles. The van der Waals surface area contributed by atoms with Gasteiger partial charge in [0.2, 0.25) is 0 Å². The van der Waals surface area contributed by atoms with Gasteiger partial charge in [0.25, 0.3) is 0 Å². The van der Waals surface area contributed by atoms with Crippen LogP contribution in [-0.2, 0) is 0 Å². The number of aliphatic hydroxyl groups excluding tert-OH is 1. The van der Waals surface area contributed by atoms with Crippen LogP contribution in [-0.4, -0.2) is 34.8 Å². The Hall–Kier alpha value is -1.36. The SMILES string of the molecule is CCNc1cc(NCCCCO)nc(C)n1. The lowest BCUT2D eigenvalue weighted by atomic mass is 10.3. The quantitative estimate of drug-likeness (QED) is 0.611. The van der Waals surface area contributed by atoms with Crippen LogP contribution >= 0.6 is 0 Å². The number of nitrogens with one attached hydrogen (secondary N) is 2. The molecule has 0 unspecified atom stereocenters. The van der Waals surface area contributed by atoms with E-state index in [1.165, 1.54) is 0 Å². The van der Waals surface area contributed by atoms with Crippen LogP contribution in [0.5, 0.6) is 0 Å². The van der Waals surface area contributed by atoms with Crippen molar-refractivity contribution in [2.45, 2.75) is 26.7 Å². The van der Waals surface area contributed by atoms with Gasteiger partial charge < -0.3 is 15.7 Å². The molecule has 1 aromatic heterocycles. The summed E-state index contributed by atoms with van der Waals surface area (Å²) in [6.07, 6.45) is 1.76. The van der Waals surface area contributed by atoms with Gasteiger partial charge in [-0.15, -0.1) is 0 Å². The van der Waals surface area contributed by atoms with Crippen molar-refractivity contribution < 1.29 is 5.11 Å². The first-order chi connectivity index (χ1) is 7.76. The summed E-state index contributed by atoms with van der Waals surface area (Å²) >= 11 is 0. The van der Waals surface area contributed by atoms with Gasteiger partial charge in [-0.2, -0.15) is 0 Å². The van der Waals surface area contributed by atoms with Crippen molar-refractivity contribution in [2.24, 2.45) is 0 Å². The Morgan fingerprint density at radius 1 is 1.19 bits per heavy atom. The Morgan fingerprint density at radius 3 is 2.50 bits per heavy atom. The van der Waals surface area contributed by atoms with Crippen LogP contribution < -0.4 is 10.6 Å². The van der Waals surface area contributed by atoms with E-state index in [1.54, 1.807) is 0 Å². The number of anilines is 2. The second kappa shape index (κ2) is 7.00. The van der Waals surface area contributed by atoms with E-state index in [4.69, 9.17) is 5.11 Å². The topological polar surface area (TPSA) is 70.1 Å². The van der Waals surface area contributed by atoms with E-state index in [-0.39, 0.29) is 6.61 Å². The van der Waals surface area contributed by atoms with Gasteiger partial charge in [-0.05, 0) is 26.7 Å². The second-order valence-electron chi connectivity index (χ2n) is 3.57. The summed E-state index contributed by atoms with van der Waals surface area (Å²) in [5, 5.41) is 15.0. The van der Waals surface area contributed by atoms with Crippen LogP contribution in [0.3, 0.4) is 0 Å². The molecule has 0 saturated carbocycles. The lowest BCUT2D eigenvalue weighted by Crippen LogP contribution is -2.08. The molecule has 0 aromatic carbocycles. The fourth-order valence-corrected chi connectivity index (χ4v) is 1.38. The van der Waals surface area contributed by atoms with Crippen LogP contribution in [0.15, 0.2) is 6.07 Å². The number of unbranched alkanes of at least 4 members (excludes halogenated alkanes) is 1. The first-order valence-corrected chi connectivity index (χ1v) is 5.70. The van der Waals surface area contributed by atoms with Gasteiger partial charge in [0.1, 0.15) is 17.5 Å². The number of rotatable bonds is 7. The summed E-state index contributed by atoms with van der Waals surface area (Å²) in [4.78, 5) is 8.55. The average molecular weight is 224 g/mol. The summed E-state index contributed by atoms with van der Waals surface area (Å²) in [6.45, 7) is 5.82. The van der Waals surface area contributed by atoms with Gasteiger partial charge in [-0.25, -0.2) is 9.97 Å². The summed E-state index contributed by atoms with van der Waals surface area (Å²) in [6, 6.07) is 1.90. The summed E-state index contributed by atoms with van der Waals surface area (Å²) in [7, 11) is 0. The number of aliphatic hydroxyl groups is 1. The van der Waals surface area contributed by atoms with Crippen LogP contribution in [0, 0.1) is 6.92 Å². The molecule has 0 aliphatic carbocycles. The van der Waals surface area contributed by atoms with E-state index >= 15 is 0 Å². The molecular weight excluding hydrogens is 204 g/mol. The van der Waals surface area contributed by atoms with Crippen molar-refractivity contribution in [3.05, 3.63) is 11.9 Å². The second-order valence-corrected chi connectivity index (χ2v) is 3.57. The van der Waals surface area contributed by atoms with E-state index in [2.05, 4.69) is 20.6 Å². The fourth-order valence-electron chi connectivity index (χ4n) is 1.38. The lowest BCUT2D eigenvalue weighted by Gasteiger charge is -2.08. The molecule has 0 amide bonds. The smallest absolute Gasteiger partial charge is 0.131 e. The number of hydrogen-bond donors (Lipinski definition) is 3. The minimum Gasteiger partial charge on any atom is -0.396 e. The van der Waals surface area contributed by atoms with Crippen LogP contribution in [0.4, 0.5) is 11.6 Å². The Bertz CT molecular complexity index is 317. The molecule has 1 rings (SSSR count). The Morgan fingerprint density at radius 2 is 1.88 bits per heavy atom. The number of hydrogen-bond acceptors (Lipinski definition) is 5. The Balaban J connectivity index is 2.51. The van der Waals surface area contributed by atoms with Gasteiger partial charge in [0, 0.05) is 25.8 Å². The molecular formula is C11H20N4O. The highest BCUT2D eigenvalue weighted by Crippen LogP contribution is 2.10. The third-order valence-electron chi connectivity index (χ3n) is 2.09. The molecule has 5 heteroatoms. The first kappa shape index (κ1) is 12.7. The maximum atomic E-state index is 8.66. The molecule has 0 aliphatic rings. The van der Waals surface area contributed by atoms with Crippen molar-refractivity contribution in [2.75, 3.05) is 30.3 Å². The van der Waals surface area contributed by atoms with Gasteiger partial charge >= 0.3 is 0 Å². The predicted molar refractivity (Wildman–Crippen MR) is 65.7 cm³/mol. The normalized spacial score (nSPS) is 10.2. The Labute approximate surface area is 96.3 Å². The van der Waals surface area contributed by atoms with Crippen LogP contribution in [0.2, 0.25) is 0 Å². The fraction of sp³-hybridized carbons (Fsp3) is 0.636. The van der Waals surface area contributed by atoms with Crippen molar-refractivity contribution in [3.8, 4) is 0 Å². The third-order valence-corrected chi connectivity index (χ3v) is 2.09. The van der Waals surface area contributed by atoms with Crippen molar-refractivity contribution >= 4 is 11.6 Å². The molecule has 1 aromatic rings. The molecule has 0 saturated heterocycles. The molecule has 16 heavy (non-hydrogen) atoms. The van der Waals surface area contributed by atoms with Crippen LogP contribution in [0.1, 0.15) is 25.6 Å². The maximum absolute atomic E-state index is 8.66. The maximum Gasteiger partial charge on any atom is 0.131 e. The zero-order valence-electron chi connectivity index (χ0n) is 9.95. The van der Waals surface area contributed by atoms with Crippen molar-refractivity contribution in [1.29, 1.82) is 0 Å². The molecule has 0 spiro atoms. The van der Waals surface area contributed by atoms with E-state index in [9.17, 15) is 0 Å². The van der Waals surface area contributed by atoms with Gasteiger partial charge in [-0.3, -0.25) is 0 Å². The lowest BCUT2D eigenvalue weighted by molar-refractivity contribution is 0.286. The number of aromatic nitrogens is 2. The van der Waals surface area contributed by atoms with E-state index < -0.39 is 0 Å². The highest BCUT2D eigenvalue weighted by Gasteiger charge is 2.00. The minimum absolute atomic E-state index is 0.243. The summed E-state index contributed by atoms with van der Waals surface area (Å²) in [5.74, 6) is 2.43. The monoisotopic (exact) mass is 224 g/mol. The minimum atomic E-state index is 0.243. The molecule has 3 N–H and O–H groups in total. The zero-order chi connectivity index (χ0) is 11.8. The summed E-state index contributed by atoms with van der Waals surface area (Å²) in [5.41, 5.74) is 0. The molecule has 0 atom stereocenters. The number of aryl methyl sites for hydroxylation is 1. The highest BCUT2D eigenvalue weighted by atomic mass is 16.2. The number of nitrogens with zero attached hydrogens (tertiary/aromatic N) is 2. The van der Waals surface area contributed by atoms with E-state index in [0.29, 0.717) is 0 Å². The van der Waals surface area contributed by atoms with Crippen LogP contribution in [0.25, 0.3) is 0 Å². The molecule has 90 valence electrons. The zero-order valence-corrected chi connectivity index (χ0v) is 9.95. The van der Waals surface area contributed by atoms with Crippen molar-refractivity contribution in [1.82, 2.24) is 9.97 Å². The summed E-state index contributed by atoms with van der Waals surface area (Å²) < 4.78 is 0. The molecule has 5 nitrogen and oxygen atoms in total. The molecule has 0 bridgehead atoms. The molecule has 0 radical (unpaired) electrons. The molecule has 0 fully saturated rings. The van der Waals surface area contributed by atoms with E-state index in [1.807, 2.05) is 19.9 Å². The third kappa shape index (κ3) is 4.44. The van der Waals surface area contributed by atoms with Gasteiger partial charge in [-0.1, -0.05) is 0 Å². The van der Waals surface area contributed by atoms with Gasteiger partial charge in [0.05, 0.1) is 0 Å². The largest absolute Gasteiger partial charge is 0.396 e. The van der Waals surface area contributed by atoms with E-state index in [0.717, 1.165) is 43.4 Å². The van der Waals surface area contributed by atoms with Crippen molar-refractivity contribution in [3.63, 3.8) is 0 Å². The predicted octanol–water partition coefficient (Wildman–Crippen LogP) is 1.40. The first-order valence-electron chi connectivity index (χ1n) is 5.70. The van der Waals surface area contributed by atoms with Gasteiger partial charge in [0.15, 0.2) is 0 Å². The standard InChI is InChI=1S/C11H20N4O/c1-3-12-10-8-11(15-9(2)14-10)13-6-4-5-7-16/h8,16H,3-7H2,1-2H3,(H2,12,13,14,15). The average Bonchev–Trinajstić information content (AvgIpc) is 2.24. The highest BCUT2D eigenvalue weighted by molar-refractivity contribution is 5.47. The Kier molecular flexibility index (Phi) is 5.56.